The van der Waals surface area contributed by atoms with Gasteiger partial charge in [-0.05, 0) is 50.3 Å². The molecular formula is C15H23NO. The first-order valence-corrected chi connectivity index (χ1v) is 6.75. The first-order valence-electron chi connectivity index (χ1n) is 6.75. The topological polar surface area (TPSA) is 21.3 Å². The van der Waals surface area contributed by atoms with Crippen LogP contribution >= 0.6 is 0 Å². The van der Waals surface area contributed by atoms with Crippen molar-refractivity contribution in [3.8, 4) is 5.75 Å². The molecule has 0 saturated heterocycles. The molecule has 0 heterocycles. The molecule has 1 aliphatic carbocycles. The zero-order valence-electron chi connectivity index (χ0n) is 11.0. The van der Waals surface area contributed by atoms with Crippen molar-refractivity contribution in [1.82, 2.24) is 5.32 Å². The summed E-state index contributed by atoms with van der Waals surface area (Å²) in [6, 6.07) is 8.42. The predicted octanol–water partition coefficient (Wildman–Crippen LogP) is 3.51. The van der Waals surface area contributed by atoms with E-state index >= 15 is 0 Å². The molecule has 0 atom stereocenters. The lowest BCUT2D eigenvalue weighted by atomic mass is 9.75. The number of benzene rings is 1. The van der Waals surface area contributed by atoms with Gasteiger partial charge in [0.15, 0.2) is 0 Å². The minimum Gasteiger partial charge on any atom is -0.494 e. The molecule has 1 saturated carbocycles. The zero-order chi connectivity index (χ0) is 12.1. The van der Waals surface area contributed by atoms with Crippen molar-refractivity contribution in [1.29, 1.82) is 0 Å². The fraction of sp³-hybridized carbons (Fsp3) is 0.600. The van der Waals surface area contributed by atoms with Crippen molar-refractivity contribution < 1.29 is 4.74 Å². The smallest absolute Gasteiger partial charge is 0.119 e. The summed E-state index contributed by atoms with van der Waals surface area (Å²) < 4.78 is 5.44. The number of nitrogens with one attached hydrogen (secondary N) is 1. The van der Waals surface area contributed by atoms with Crippen LogP contribution in [0.5, 0.6) is 5.75 Å². The summed E-state index contributed by atoms with van der Waals surface area (Å²) in [5.41, 5.74) is 1.77. The quantitative estimate of drug-likeness (QED) is 0.812. The van der Waals surface area contributed by atoms with Gasteiger partial charge in [0.25, 0.3) is 0 Å². The fourth-order valence-corrected chi connectivity index (χ4v) is 2.42. The summed E-state index contributed by atoms with van der Waals surface area (Å²) in [7, 11) is 0. The van der Waals surface area contributed by atoms with Crippen LogP contribution < -0.4 is 10.1 Å². The van der Waals surface area contributed by atoms with Crippen LogP contribution in [0.4, 0.5) is 0 Å². The molecule has 0 amide bonds. The van der Waals surface area contributed by atoms with Crippen molar-refractivity contribution in [2.24, 2.45) is 0 Å². The van der Waals surface area contributed by atoms with Crippen LogP contribution in [-0.2, 0) is 6.54 Å². The average Bonchev–Trinajstić information content (AvgIpc) is 2.31. The van der Waals surface area contributed by atoms with Crippen LogP contribution in [0.3, 0.4) is 0 Å². The molecule has 0 aromatic heterocycles. The number of hydrogen-bond donors (Lipinski definition) is 1. The van der Waals surface area contributed by atoms with Gasteiger partial charge in [0.2, 0.25) is 0 Å². The minimum absolute atomic E-state index is 0.429. The molecule has 1 fully saturated rings. The van der Waals surface area contributed by atoms with Crippen LogP contribution in [0.15, 0.2) is 24.3 Å². The molecule has 17 heavy (non-hydrogen) atoms. The molecule has 0 bridgehead atoms. The van der Waals surface area contributed by atoms with Crippen molar-refractivity contribution in [2.75, 3.05) is 6.61 Å². The average molecular weight is 233 g/mol. The SMILES string of the molecule is CCOc1ccc(CNC2(CC)CCC2)cc1. The Morgan fingerprint density at radius 2 is 1.88 bits per heavy atom. The Kier molecular flexibility index (Phi) is 4.06. The van der Waals surface area contributed by atoms with Crippen molar-refractivity contribution in [2.45, 2.75) is 51.6 Å². The minimum atomic E-state index is 0.429. The Balaban J connectivity index is 1.86. The maximum atomic E-state index is 5.44. The van der Waals surface area contributed by atoms with E-state index in [-0.39, 0.29) is 0 Å². The molecule has 1 aromatic carbocycles. The Bertz CT molecular complexity index is 335. The van der Waals surface area contributed by atoms with E-state index < -0.39 is 0 Å². The Morgan fingerprint density at radius 1 is 1.18 bits per heavy atom. The highest BCUT2D eigenvalue weighted by molar-refractivity contribution is 5.27. The zero-order valence-corrected chi connectivity index (χ0v) is 11.0. The van der Waals surface area contributed by atoms with Gasteiger partial charge >= 0.3 is 0 Å². The van der Waals surface area contributed by atoms with Crippen LogP contribution in [0.25, 0.3) is 0 Å². The Labute approximate surface area is 104 Å². The molecule has 0 unspecified atom stereocenters. The molecule has 1 aliphatic rings. The molecule has 1 aromatic rings. The van der Waals surface area contributed by atoms with Gasteiger partial charge in [-0.1, -0.05) is 19.1 Å². The van der Waals surface area contributed by atoms with Crippen LogP contribution in [-0.4, -0.2) is 12.1 Å². The second kappa shape index (κ2) is 5.54. The summed E-state index contributed by atoms with van der Waals surface area (Å²) in [4.78, 5) is 0. The van der Waals surface area contributed by atoms with Crippen LogP contribution in [0, 0.1) is 0 Å². The third-order valence-electron chi connectivity index (χ3n) is 3.89. The summed E-state index contributed by atoms with van der Waals surface area (Å²) in [5, 5.41) is 3.71. The Morgan fingerprint density at radius 3 is 2.35 bits per heavy atom. The Hall–Kier alpha value is -1.02. The molecule has 2 rings (SSSR count). The summed E-state index contributed by atoms with van der Waals surface area (Å²) in [6.45, 7) is 6.00. The van der Waals surface area contributed by atoms with E-state index in [9.17, 15) is 0 Å². The summed E-state index contributed by atoms with van der Waals surface area (Å²) >= 11 is 0. The maximum absolute atomic E-state index is 5.44. The highest BCUT2D eigenvalue weighted by Crippen LogP contribution is 2.34. The molecule has 0 spiro atoms. The predicted molar refractivity (Wildman–Crippen MR) is 71.3 cm³/mol. The van der Waals surface area contributed by atoms with Gasteiger partial charge in [-0.3, -0.25) is 0 Å². The lowest BCUT2D eigenvalue weighted by Gasteiger charge is -2.42. The van der Waals surface area contributed by atoms with Crippen LogP contribution in [0.2, 0.25) is 0 Å². The number of ether oxygens (including phenoxy) is 1. The summed E-state index contributed by atoms with van der Waals surface area (Å²) in [5.74, 6) is 0.963. The van der Waals surface area contributed by atoms with Crippen molar-refractivity contribution >= 4 is 0 Å². The fourth-order valence-electron chi connectivity index (χ4n) is 2.42. The highest BCUT2D eigenvalue weighted by Gasteiger charge is 2.33. The van der Waals surface area contributed by atoms with E-state index in [4.69, 9.17) is 4.74 Å². The van der Waals surface area contributed by atoms with Gasteiger partial charge in [0.05, 0.1) is 6.61 Å². The van der Waals surface area contributed by atoms with E-state index in [1.54, 1.807) is 0 Å². The monoisotopic (exact) mass is 233 g/mol. The van der Waals surface area contributed by atoms with Gasteiger partial charge in [-0.2, -0.15) is 0 Å². The van der Waals surface area contributed by atoms with Crippen molar-refractivity contribution in [3.05, 3.63) is 29.8 Å². The number of hydrogen-bond acceptors (Lipinski definition) is 2. The van der Waals surface area contributed by atoms with Gasteiger partial charge in [-0.25, -0.2) is 0 Å². The first kappa shape index (κ1) is 12.4. The van der Waals surface area contributed by atoms with E-state index in [1.807, 2.05) is 6.92 Å². The van der Waals surface area contributed by atoms with Gasteiger partial charge in [0, 0.05) is 12.1 Å². The van der Waals surface area contributed by atoms with E-state index in [0.717, 1.165) is 18.9 Å². The maximum Gasteiger partial charge on any atom is 0.119 e. The lowest BCUT2D eigenvalue weighted by Crippen LogP contribution is -2.49. The third-order valence-corrected chi connectivity index (χ3v) is 3.89. The molecule has 1 N–H and O–H groups in total. The van der Waals surface area contributed by atoms with E-state index in [1.165, 1.54) is 31.2 Å². The normalized spacial score (nSPS) is 17.5. The van der Waals surface area contributed by atoms with Crippen LogP contribution in [0.1, 0.15) is 45.1 Å². The third kappa shape index (κ3) is 3.01. The van der Waals surface area contributed by atoms with E-state index in [0.29, 0.717) is 5.54 Å². The van der Waals surface area contributed by atoms with E-state index in [2.05, 4.69) is 36.5 Å². The second-order valence-electron chi connectivity index (χ2n) is 4.92. The molecule has 0 aliphatic heterocycles. The second-order valence-corrected chi connectivity index (χ2v) is 4.92. The van der Waals surface area contributed by atoms with Gasteiger partial charge in [-0.15, -0.1) is 0 Å². The lowest BCUT2D eigenvalue weighted by molar-refractivity contribution is 0.175. The first-order chi connectivity index (χ1) is 8.28. The molecule has 0 radical (unpaired) electrons. The largest absolute Gasteiger partial charge is 0.494 e. The van der Waals surface area contributed by atoms with Gasteiger partial charge < -0.3 is 10.1 Å². The number of rotatable bonds is 6. The molecule has 2 nitrogen and oxygen atoms in total. The standard InChI is InChI=1S/C15H23NO/c1-3-15(10-5-11-15)16-12-13-6-8-14(9-7-13)17-4-2/h6-9,16H,3-5,10-12H2,1-2H3. The molecule has 94 valence electrons. The summed E-state index contributed by atoms with van der Waals surface area (Å²) in [6.07, 6.45) is 5.29. The van der Waals surface area contributed by atoms with Gasteiger partial charge in [0.1, 0.15) is 5.75 Å². The molecular weight excluding hydrogens is 210 g/mol. The molecule has 2 heteroatoms. The highest BCUT2D eigenvalue weighted by atomic mass is 16.5. The van der Waals surface area contributed by atoms with Crippen molar-refractivity contribution in [3.63, 3.8) is 0 Å².